The van der Waals surface area contributed by atoms with Crippen LogP contribution in [-0.2, 0) is 9.53 Å². The molecule has 4 nitrogen and oxygen atoms in total. The zero-order valence-corrected chi connectivity index (χ0v) is 11.9. The molecule has 0 aromatic rings. The van der Waals surface area contributed by atoms with Gasteiger partial charge >= 0.3 is 0 Å². The van der Waals surface area contributed by atoms with E-state index in [0.717, 1.165) is 25.7 Å². The molecule has 2 saturated carbocycles. The monoisotopic (exact) mass is 268 g/mol. The Bertz CT molecular complexity index is 275. The first-order valence-electron chi connectivity index (χ1n) is 7.92. The minimum atomic E-state index is 0.0321. The Labute approximate surface area is 116 Å². The highest BCUT2D eigenvalue weighted by molar-refractivity contribution is 5.77. The van der Waals surface area contributed by atoms with E-state index in [0.29, 0.717) is 6.04 Å². The molecular weight excluding hydrogens is 240 g/mol. The molecule has 0 aliphatic heterocycles. The van der Waals surface area contributed by atoms with Crippen LogP contribution >= 0.6 is 0 Å². The average molecular weight is 268 g/mol. The molecule has 0 spiro atoms. The molecule has 110 valence electrons. The Morgan fingerprint density at radius 1 is 1.00 bits per heavy atom. The molecule has 2 fully saturated rings. The molecule has 0 radical (unpaired) electrons. The minimum Gasteiger partial charge on any atom is -0.367 e. The van der Waals surface area contributed by atoms with E-state index < -0.39 is 0 Å². The molecule has 19 heavy (non-hydrogen) atoms. The highest BCUT2D eigenvalue weighted by Gasteiger charge is 2.23. The molecule has 0 aromatic carbocycles. The van der Waals surface area contributed by atoms with Crippen molar-refractivity contribution in [1.29, 1.82) is 0 Å². The number of carbonyl (C=O) groups is 1. The van der Waals surface area contributed by atoms with Crippen LogP contribution in [0.2, 0.25) is 0 Å². The lowest BCUT2D eigenvalue weighted by Gasteiger charge is -2.28. The maximum atomic E-state index is 11.9. The number of ether oxygens (including phenoxy) is 1. The second kappa shape index (κ2) is 7.85. The van der Waals surface area contributed by atoms with Crippen LogP contribution in [0.25, 0.3) is 0 Å². The van der Waals surface area contributed by atoms with Gasteiger partial charge in [0.1, 0.15) is 6.61 Å². The normalized spacial score (nSPS) is 29.7. The van der Waals surface area contributed by atoms with Crippen molar-refractivity contribution in [3.63, 3.8) is 0 Å². The molecule has 2 aliphatic carbocycles. The van der Waals surface area contributed by atoms with Gasteiger partial charge in [0, 0.05) is 12.1 Å². The van der Waals surface area contributed by atoms with Crippen LogP contribution in [-0.4, -0.2) is 30.7 Å². The number of nitrogens with one attached hydrogen (secondary N) is 1. The Balaban J connectivity index is 1.65. The van der Waals surface area contributed by atoms with Crippen LogP contribution in [0.4, 0.5) is 0 Å². The maximum Gasteiger partial charge on any atom is 0.246 e. The lowest BCUT2D eigenvalue weighted by atomic mass is 9.93. The first kappa shape index (κ1) is 14.8. The zero-order chi connectivity index (χ0) is 13.5. The summed E-state index contributed by atoms with van der Waals surface area (Å²) in [6.45, 7) is 0.175. The summed E-state index contributed by atoms with van der Waals surface area (Å²) in [5.74, 6) is 0.0321. The second-order valence-electron chi connectivity index (χ2n) is 6.05. The lowest BCUT2D eigenvalue weighted by molar-refractivity contribution is -0.129. The SMILES string of the molecule is NC1CCCCC1OCC(=O)NC1CCCCCC1. The van der Waals surface area contributed by atoms with Gasteiger partial charge in [0.15, 0.2) is 0 Å². The van der Waals surface area contributed by atoms with E-state index in [1.807, 2.05) is 0 Å². The summed E-state index contributed by atoms with van der Waals surface area (Å²) in [6, 6.07) is 0.470. The highest BCUT2D eigenvalue weighted by atomic mass is 16.5. The third-order valence-corrected chi connectivity index (χ3v) is 4.40. The van der Waals surface area contributed by atoms with E-state index in [9.17, 15) is 4.79 Å². The summed E-state index contributed by atoms with van der Waals surface area (Å²) >= 11 is 0. The quantitative estimate of drug-likeness (QED) is 0.768. The molecule has 2 atom stereocenters. The number of amides is 1. The largest absolute Gasteiger partial charge is 0.367 e. The van der Waals surface area contributed by atoms with E-state index in [2.05, 4.69) is 5.32 Å². The summed E-state index contributed by atoms with van der Waals surface area (Å²) in [5, 5.41) is 3.11. The smallest absolute Gasteiger partial charge is 0.246 e. The van der Waals surface area contributed by atoms with Crippen LogP contribution in [0.3, 0.4) is 0 Å². The van der Waals surface area contributed by atoms with Crippen LogP contribution in [0.5, 0.6) is 0 Å². The van der Waals surface area contributed by atoms with Crippen LogP contribution in [0.15, 0.2) is 0 Å². The fourth-order valence-electron chi connectivity index (χ4n) is 3.21. The van der Waals surface area contributed by atoms with Crippen molar-refractivity contribution < 1.29 is 9.53 Å². The molecule has 3 N–H and O–H groups in total. The Hall–Kier alpha value is -0.610. The van der Waals surface area contributed by atoms with Crippen LogP contribution in [0.1, 0.15) is 64.2 Å². The molecule has 2 aliphatic rings. The summed E-state index contributed by atoms with van der Waals surface area (Å²) < 4.78 is 5.69. The van der Waals surface area contributed by atoms with E-state index in [4.69, 9.17) is 10.5 Å². The molecular formula is C15H28N2O2. The van der Waals surface area contributed by atoms with E-state index in [1.165, 1.54) is 38.5 Å². The number of hydrogen-bond acceptors (Lipinski definition) is 3. The molecule has 1 amide bonds. The standard InChI is InChI=1S/C15H28N2O2/c16-13-9-5-6-10-14(13)19-11-15(18)17-12-7-3-1-2-4-8-12/h12-14H,1-11,16H2,(H,17,18). The summed E-state index contributed by atoms with van der Waals surface area (Å²) in [5.41, 5.74) is 6.01. The summed E-state index contributed by atoms with van der Waals surface area (Å²) in [7, 11) is 0. The maximum absolute atomic E-state index is 11.9. The van der Waals surface area contributed by atoms with Gasteiger partial charge in [-0.05, 0) is 25.7 Å². The van der Waals surface area contributed by atoms with Crippen molar-refractivity contribution in [3.05, 3.63) is 0 Å². The van der Waals surface area contributed by atoms with Gasteiger partial charge in [0.25, 0.3) is 0 Å². The minimum absolute atomic E-state index is 0.0321. The Morgan fingerprint density at radius 3 is 2.32 bits per heavy atom. The predicted octanol–water partition coefficient (Wildman–Crippen LogP) is 2.11. The molecule has 0 bridgehead atoms. The van der Waals surface area contributed by atoms with Crippen LogP contribution < -0.4 is 11.1 Å². The second-order valence-corrected chi connectivity index (χ2v) is 6.05. The van der Waals surface area contributed by atoms with Crippen molar-refractivity contribution in [2.75, 3.05) is 6.61 Å². The fraction of sp³-hybridized carbons (Fsp3) is 0.933. The third-order valence-electron chi connectivity index (χ3n) is 4.40. The van der Waals surface area contributed by atoms with E-state index >= 15 is 0 Å². The molecule has 0 saturated heterocycles. The Kier molecular flexibility index (Phi) is 6.11. The first-order chi connectivity index (χ1) is 9.25. The van der Waals surface area contributed by atoms with E-state index in [-0.39, 0.29) is 24.7 Å². The molecule has 0 aromatic heterocycles. The fourth-order valence-corrected chi connectivity index (χ4v) is 3.21. The van der Waals surface area contributed by atoms with Crippen molar-refractivity contribution >= 4 is 5.91 Å². The van der Waals surface area contributed by atoms with Crippen molar-refractivity contribution in [3.8, 4) is 0 Å². The van der Waals surface area contributed by atoms with Crippen molar-refractivity contribution in [2.24, 2.45) is 5.73 Å². The number of nitrogens with two attached hydrogens (primary N) is 1. The highest BCUT2D eigenvalue weighted by Crippen LogP contribution is 2.20. The van der Waals surface area contributed by atoms with Gasteiger partial charge in [-0.25, -0.2) is 0 Å². The number of hydrogen-bond donors (Lipinski definition) is 2. The number of rotatable bonds is 4. The zero-order valence-electron chi connectivity index (χ0n) is 11.9. The van der Waals surface area contributed by atoms with Crippen LogP contribution in [0, 0.1) is 0 Å². The van der Waals surface area contributed by atoms with Gasteiger partial charge in [-0.15, -0.1) is 0 Å². The van der Waals surface area contributed by atoms with Gasteiger partial charge in [0.2, 0.25) is 5.91 Å². The summed E-state index contributed by atoms with van der Waals surface area (Å²) in [6.07, 6.45) is 11.8. The van der Waals surface area contributed by atoms with Crippen molar-refractivity contribution in [2.45, 2.75) is 82.4 Å². The van der Waals surface area contributed by atoms with Gasteiger partial charge in [-0.2, -0.15) is 0 Å². The van der Waals surface area contributed by atoms with Crippen molar-refractivity contribution in [1.82, 2.24) is 5.32 Å². The molecule has 2 rings (SSSR count). The predicted molar refractivity (Wildman–Crippen MR) is 75.8 cm³/mol. The topological polar surface area (TPSA) is 64.3 Å². The van der Waals surface area contributed by atoms with Gasteiger partial charge < -0.3 is 15.8 Å². The van der Waals surface area contributed by atoms with Gasteiger partial charge in [0.05, 0.1) is 6.10 Å². The third kappa shape index (κ3) is 5.11. The summed E-state index contributed by atoms with van der Waals surface area (Å²) in [4.78, 5) is 11.9. The molecule has 0 heterocycles. The first-order valence-corrected chi connectivity index (χ1v) is 7.92. The van der Waals surface area contributed by atoms with Gasteiger partial charge in [-0.3, -0.25) is 4.79 Å². The molecule has 2 unspecified atom stereocenters. The average Bonchev–Trinajstić information content (AvgIpc) is 2.66. The lowest BCUT2D eigenvalue weighted by Crippen LogP contribution is -2.43. The van der Waals surface area contributed by atoms with Gasteiger partial charge in [-0.1, -0.05) is 38.5 Å². The molecule has 4 heteroatoms. The van der Waals surface area contributed by atoms with E-state index in [1.54, 1.807) is 0 Å². The number of carbonyl (C=O) groups excluding carboxylic acids is 1. The Morgan fingerprint density at radius 2 is 1.63 bits per heavy atom.